The molecular weight excluding hydrogens is 606 g/mol. The van der Waals surface area contributed by atoms with Gasteiger partial charge in [-0.2, -0.15) is 0 Å². The SMILES string of the molecule is CNCCCNCCCCNCCCNCC(=O)N[C@@H]1c2cc3c(cc2[C@@H](c2cc(OC)c(O)c(OC)c2)[C@H]2C(=O)OC[C@@H]21)OCO3. The Balaban J connectivity index is 1.20. The summed E-state index contributed by atoms with van der Waals surface area (Å²) in [7, 11) is 4.89. The fourth-order valence-electron chi connectivity index (χ4n) is 6.75. The number of phenolic OH excluding ortho intramolecular Hbond substituents is 1. The van der Waals surface area contributed by atoms with Gasteiger partial charge in [0.2, 0.25) is 18.4 Å². The van der Waals surface area contributed by atoms with Crippen LogP contribution >= 0.6 is 0 Å². The van der Waals surface area contributed by atoms with Gasteiger partial charge in [-0.05, 0) is 113 Å². The van der Waals surface area contributed by atoms with Gasteiger partial charge < -0.3 is 55.4 Å². The van der Waals surface area contributed by atoms with Crippen LogP contribution in [0, 0.1) is 11.8 Å². The van der Waals surface area contributed by atoms with Gasteiger partial charge in [-0.15, -0.1) is 0 Å². The summed E-state index contributed by atoms with van der Waals surface area (Å²) in [5.74, 6) is -0.442. The lowest BCUT2D eigenvalue weighted by atomic mass is 9.65. The number of benzene rings is 2. The fourth-order valence-corrected chi connectivity index (χ4v) is 6.75. The number of amides is 1. The Kier molecular flexibility index (Phi) is 12.4. The second-order valence-corrected chi connectivity index (χ2v) is 12.1. The first kappa shape index (κ1) is 34.6. The quantitative estimate of drug-likeness (QED) is 0.0964. The predicted molar refractivity (Wildman–Crippen MR) is 175 cm³/mol. The summed E-state index contributed by atoms with van der Waals surface area (Å²) in [5.41, 5.74) is 2.34. The molecule has 2 heterocycles. The average molecular weight is 656 g/mol. The summed E-state index contributed by atoms with van der Waals surface area (Å²) in [6.45, 7) is 6.09. The maximum Gasteiger partial charge on any atom is 0.310 e. The molecule has 1 saturated heterocycles. The first-order valence-corrected chi connectivity index (χ1v) is 16.6. The van der Waals surface area contributed by atoms with Crippen molar-refractivity contribution in [2.45, 2.75) is 37.6 Å². The Hall–Kier alpha value is -3.78. The van der Waals surface area contributed by atoms with Gasteiger partial charge in [-0.3, -0.25) is 9.59 Å². The van der Waals surface area contributed by atoms with Crippen molar-refractivity contribution in [3.63, 3.8) is 0 Å². The molecule has 13 heteroatoms. The van der Waals surface area contributed by atoms with Crippen LogP contribution in [0.1, 0.15) is 54.3 Å². The van der Waals surface area contributed by atoms with Gasteiger partial charge in [-0.25, -0.2) is 0 Å². The lowest BCUT2D eigenvalue weighted by Crippen LogP contribution is -2.45. The van der Waals surface area contributed by atoms with Crippen molar-refractivity contribution >= 4 is 11.9 Å². The van der Waals surface area contributed by atoms with E-state index in [1.54, 1.807) is 12.1 Å². The number of fused-ring (bicyclic) bond motifs is 3. The highest BCUT2D eigenvalue weighted by Crippen LogP contribution is 2.55. The molecule has 0 saturated carbocycles. The van der Waals surface area contributed by atoms with Crippen molar-refractivity contribution in [2.75, 3.05) is 80.5 Å². The number of carbonyl (C=O) groups excluding carboxylic acids is 2. The van der Waals surface area contributed by atoms with Crippen molar-refractivity contribution in [3.8, 4) is 28.7 Å². The van der Waals surface area contributed by atoms with Crippen molar-refractivity contribution in [1.82, 2.24) is 26.6 Å². The zero-order chi connectivity index (χ0) is 33.2. The van der Waals surface area contributed by atoms with E-state index in [9.17, 15) is 14.7 Å². The molecular formula is C34H49N5O8. The molecule has 13 nitrogen and oxygen atoms in total. The van der Waals surface area contributed by atoms with Crippen LogP contribution < -0.4 is 45.5 Å². The van der Waals surface area contributed by atoms with Gasteiger partial charge >= 0.3 is 5.97 Å². The largest absolute Gasteiger partial charge is 0.502 e. The Morgan fingerprint density at radius 2 is 1.43 bits per heavy atom. The van der Waals surface area contributed by atoms with Crippen molar-refractivity contribution in [3.05, 3.63) is 41.0 Å². The van der Waals surface area contributed by atoms with E-state index in [2.05, 4.69) is 26.6 Å². The summed E-state index contributed by atoms with van der Waals surface area (Å²) >= 11 is 0. The molecule has 0 unspecified atom stereocenters. The van der Waals surface area contributed by atoms with Crippen molar-refractivity contribution in [1.29, 1.82) is 0 Å². The predicted octanol–water partition coefficient (Wildman–Crippen LogP) is 1.78. The number of rotatable bonds is 19. The zero-order valence-electron chi connectivity index (χ0n) is 27.6. The third kappa shape index (κ3) is 8.21. The molecule has 2 aliphatic heterocycles. The minimum absolute atomic E-state index is 0.0862. The molecule has 2 aromatic rings. The van der Waals surface area contributed by atoms with Crippen molar-refractivity contribution in [2.24, 2.45) is 11.8 Å². The molecule has 1 amide bonds. The number of ether oxygens (including phenoxy) is 5. The minimum atomic E-state index is -0.597. The molecule has 0 aromatic heterocycles. The smallest absolute Gasteiger partial charge is 0.310 e. The number of cyclic esters (lactones) is 1. The van der Waals surface area contributed by atoms with E-state index in [-0.39, 0.29) is 55.0 Å². The van der Waals surface area contributed by atoms with E-state index in [0.717, 1.165) is 69.5 Å². The van der Waals surface area contributed by atoms with Crippen LogP contribution in [0.4, 0.5) is 0 Å². The van der Waals surface area contributed by atoms with E-state index < -0.39 is 17.9 Å². The molecule has 3 aliphatic rings. The summed E-state index contributed by atoms with van der Waals surface area (Å²) in [5, 5.41) is 27.1. The number of methoxy groups -OCH3 is 2. The van der Waals surface area contributed by atoms with Gasteiger partial charge in [0.1, 0.15) is 0 Å². The highest BCUT2D eigenvalue weighted by molar-refractivity contribution is 5.81. The highest BCUT2D eigenvalue weighted by Gasteiger charge is 2.53. The number of phenols is 1. The molecule has 0 bridgehead atoms. The lowest BCUT2D eigenvalue weighted by molar-refractivity contribution is -0.141. The second kappa shape index (κ2) is 16.9. The number of hydrogen-bond acceptors (Lipinski definition) is 12. The van der Waals surface area contributed by atoms with Crippen LogP contribution in [-0.4, -0.2) is 97.5 Å². The third-order valence-corrected chi connectivity index (χ3v) is 9.09. The van der Waals surface area contributed by atoms with Crippen molar-refractivity contribution < 1.29 is 38.4 Å². The number of carbonyl (C=O) groups is 2. The average Bonchev–Trinajstić information content (AvgIpc) is 3.70. The van der Waals surface area contributed by atoms with E-state index in [4.69, 9.17) is 23.7 Å². The Morgan fingerprint density at radius 3 is 2.06 bits per heavy atom. The Labute approximate surface area is 276 Å². The third-order valence-electron chi connectivity index (χ3n) is 9.09. The van der Waals surface area contributed by atoms with E-state index >= 15 is 0 Å². The maximum absolute atomic E-state index is 13.3. The molecule has 0 spiro atoms. The summed E-state index contributed by atoms with van der Waals surface area (Å²) < 4.78 is 27.9. The van der Waals surface area contributed by atoms with Gasteiger partial charge in [0.25, 0.3) is 0 Å². The van der Waals surface area contributed by atoms with Gasteiger partial charge in [0.05, 0.1) is 39.3 Å². The highest BCUT2D eigenvalue weighted by atomic mass is 16.7. The molecule has 0 radical (unpaired) electrons. The molecule has 1 fully saturated rings. The molecule has 47 heavy (non-hydrogen) atoms. The summed E-state index contributed by atoms with van der Waals surface area (Å²) in [4.78, 5) is 26.6. The van der Waals surface area contributed by atoms with E-state index in [1.165, 1.54) is 14.2 Å². The Bertz CT molecular complexity index is 1350. The van der Waals surface area contributed by atoms with Crippen LogP contribution in [0.5, 0.6) is 28.7 Å². The lowest BCUT2D eigenvalue weighted by Gasteiger charge is -2.39. The van der Waals surface area contributed by atoms with E-state index in [0.29, 0.717) is 23.6 Å². The molecule has 1 aliphatic carbocycles. The fraction of sp³-hybridized carbons (Fsp3) is 0.588. The number of aromatic hydroxyl groups is 1. The number of unbranched alkanes of at least 4 members (excludes halogenated alkanes) is 1. The molecule has 5 rings (SSSR count). The van der Waals surface area contributed by atoms with Crippen LogP contribution in [0.15, 0.2) is 24.3 Å². The van der Waals surface area contributed by atoms with Gasteiger partial charge in [0, 0.05) is 11.8 Å². The zero-order valence-corrected chi connectivity index (χ0v) is 27.6. The monoisotopic (exact) mass is 655 g/mol. The first-order chi connectivity index (χ1) is 23.0. The number of esters is 1. The molecule has 6 N–H and O–H groups in total. The maximum atomic E-state index is 13.3. The van der Waals surface area contributed by atoms with E-state index in [1.807, 2.05) is 19.2 Å². The van der Waals surface area contributed by atoms with Crippen LogP contribution in [0.3, 0.4) is 0 Å². The molecule has 2 aromatic carbocycles. The first-order valence-electron chi connectivity index (χ1n) is 16.6. The standard InChI is InChI=1S/C34H49N5O8/c1-35-8-6-11-36-9-4-5-10-37-12-7-13-38-18-29(40)39-32-23-17-26-25(46-20-47-26)16-22(23)30(31-24(32)19-45-34(31)42)21-14-27(43-2)33(41)28(15-21)44-3/h14-17,24,30-32,35-38,41H,4-13,18-20H2,1-3H3,(H,39,40)/t24-,30+,31-,32+/m0/s1. The topological polar surface area (TPSA) is 161 Å². The number of nitrogens with one attached hydrogen (secondary N) is 5. The second-order valence-electron chi connectivity index (χ2n) is 12.1. The summed E-state index contributed by atoms with van der Waals surface area (Å²) in [6.07, 6.45) is 4.32. The van der Waals surface area contributed by atoms with Crippen LogP contribution in [-0.2, 0) is 14.3 Å². The molecule has 258 valence electrons. The van der Waals surface area contributed by atoms with Gasteiger partial charge in [-0.1, -0.05) is 0 Å². The molecule has 4 atom stereocenters. The normalized spacial score (nSPS) is 20.8. The summed E-state index contributed by atoms with van der Waals surface area (Å²) in [6, 6.07) is 6.71. The number of hydrogen-bond donors (Lipinski definition) is 6. The van der Waals surface area contributed by atoms with Gasteiger partial charge in [0.15, 0.2) is 23.0 Å². The minimum Gasteiger partial charge on any atom is -0.502 e. The Morgan fingerprint density at radius 1 is 0.830 bits per heavy atom. The van der Waals surface area contributed by atoms with Crippen LogP contribution in [0.2, 0.25) is 0 Å². The van der Waals surface area contributed by atoms with Crippen LogP contribution in [0.25, 0.3) is 0 Å².